The van der Waals surface area contributed by atoms with Crippen LogP contribution in [0.2, 0.25) is 5.02 Å². The van der Waals surface area contributed by atoms with Crippen LogP contribution in [0, 0.1) is 11.6 Å². The molecule has 0 aromatic heterocycles. The molecule has 0 fully saturated rings. The number of rotatable bonds is 6. The predicted molar refractivity (Wildman–Crippen MR) is 83.8 cm³/mol. The van der Waals surface area contributed by atoms with E-state index in [4.69, 9.17) is 16.3 Å². The van der Waals surface area contributed by atoms with Crippen molar-refractivity contribution in [2.24, 2.45) is 0 Å². The Balaban J connectivity index is 2.09. The van der Waals surface area contributed by atoms with Crippen LogP contribution in [0.1, 0.15) is 11.1 Å². The molecule has 0 spiro atoms. The van der Waals surface area contributed by atoms with Gasteiger partial charge in [-0.25, -0.2) is 8.78 Å². The van der Waals surface area contributed by atoms with Crippen LogP contribution in [-0.2, 0) is 18.0 Å². The predicted octanol–water partition coefficient (Wildman–Crippen LogP) is 2.62. The number of anilines is 1. The van der Waals surface area contributed by atoms with E-state index >= 15 is 0 Å². The van der Waals surface area contributed by atoms with Crippen molar-refractivity contribution in [2.45, 2.75) is 13.2 Å². The number of hydrogen-bond donors (Lipinski definition) is 3. The van der Waals surface area contributed by atoms with E-state index in [2.05, 4.69) is 5.32 Å². The molecule has 0 aliphatic rings. The normalized spacial score (nSPS) is 10.5. The highest BCUT2D eigenvalue weighted by molar-refractivity contribution is 6.30. The summed E-state index contributed by atoms with van der Waals surface area (Å²) in [5, 5.41) is 21.0. The van der Waals surface area contributed by atoms with Gasteiger partial charge in [-0.3, -0.25) is 4.79 Å². The van der Waals surface area contributed by atoms with Crippen molar-refractivity contribution >= 4 is 23.2 Å². The number of nitrogens with one attached hydrogen (secondary N) is 1. The van der Waals surface area contributed by atoms with Crippen LogP contribution >= 0.6 is 11.6 Å². The Bertz CT molecular complexity index is 730. The highest BCUT2D eigenvalue weighted by atomic mass is 35.5. The number of halogens is 3. The highest BCUT2D eigenvalue weighted by Gasteiger charge is 2.14. The van der Waals surface area contributed by atoms with Gasteiger partial charge >= 0.3 is 0 Å². The third kappa shape index (κ3) is 4.41. The van der Waals surface area contributed by atoms with Crippen molar-refractivity contribution in [3.05, 3.63) is 58.1 Å². The maximum absolute atomic E-state index is 13.6. The average molecular weight is 358 g/mol. The quantitative estimate of drug-likeness (QED) is 0.742. The lowest BCUT2D eigenvalue weighted by Gasteiger charge is -2.14. The largest absolute Gasteiger partial charge is 0.483 e. The summed E-state index contributed by atoms with van der Waals surface area (Å²) in [7, 11) is 0. The summed E-state index contributed by atoms with van der Waals surface area (Å²) in [5.41, 5.74) is 0.103. The molecular formula is C16H14ClF2NO4. The van der Waals surface area contributed by atoms with Gasteiger partial charge in [0.1, 0.15) is 17.4 Å². The van der Waals surface area contributed by atoms with Gasteiger partial charge in [0.2, 0.25) is 0 Å². The third-order valence-electron chi connectivity index (χ3n) is 3.10. The van der Waals surface area contributed by atoms with E-state index in [1.165, 1.54) is 12.1 Å². The molecule has 0 unspecified atom stereocenters. The van der Waals surface area contributed by atoms with Crippen LogP contribution in [0.25, 0.3) is 0 Å². The fourth-order valence-electron chi connectivity index (χ4n) is 2.05. The Kier molecular flexibility index (Phi) is 6.08. The lowest BCUT2D eigenvalue weighted by molar-refractivity contribution is -0.118. The fourth-order valence-corrected chi connectivity index (χ4v) is 2.21. The van der Waals surface area contributed by atoms with E-state index < -0.39 is 37.4 Å². The number of aliphatic hydroxyl groups excluding tert-OH is 2. The van der Waals surface area contributed by atoms with Crippen molar-refractivity contribution in [3.63, 3.8) is 0 Å². The molecule has 2 aromatic carbocycles. The van der Waals surface area contributed by atoms with Crippen LogP contribution in [0.5, 0.6) is 5.75 Å². The van der Waals surface area contributed by atoms with Gasteiger partial charge in [0.15, 0.2) is 6.61 Å². The molecule has 3 N–H and O–H groups in total. The number of amides is 1. The summed E-state index contributed by atoms with van der Waals surface area (Å²) in [6.07, 6.45) is 0. The Morgan fingerprint density at radius 2 is 1.75 bits per heavy atom. The second kappa shape index (κ2) is 8.05. The molecule has 0 bridgehead atoms. The zero-order valence-electron chi connectivity index (χ0n) is 12.4. The molecule has 2 rings (SSSR count). The van der Waals surface area contributed by atoms with Crippen LogP contribution in [0.15, 0.2) is 30.3 Å². The topological polar surface area (TPSA) is 78.8 Å². The Morgan fingerprint density at radius 3 is 2.29 bits per heavy atom. The average Bonchev–Trinajstić information content (AvgIpc) is 2.55. The summed E-state index contributed by atoms with van der Waals surface area (Å²) < 4.78 is 32.2. The summed E-state index contributed by atoms with van der Waals surface area (Å²) in [5.74, 6) is -2.02. The van der Waals surface area contributed by atoms with E-state index in [0.717, 1.165) is 18.2 Å². The summed E-state index contributed by atoms with van der Waals surface area (Å²) >= 11 is 5.62. The van der Waals surface area contributed by atoms with Crippen molar-refractivity contribution in [1.29, 1.82) is 0 Å². The maximum Gasteiger partial charge on any atom is 0.262 e. The van der Waals surface area contributed by atoms with Crippen LogP contribution < -0.4 is 10.1 Å². The lowest BCUT2D eigenvalue weighted by atomic mass is 10.1. The number of benzene rings is 2. The maximum atomic E-state index is 13.6. The van der Waals surface area contributed by atoms with Crippen molar-refractivity contribution in [2.75, 3.05) is 11.9 Å². The van der Waals surface area contributed by atoms with Crippen LogP contribution in [0.4, 0.5) is 14.5 Å². The van der Waals surface area contributed by atoms with Gasteiger partial charge in [0.25, 0.3) is 5.91 Å². The Morgan fingerprint density at radius 1 is 1.12 bits per heavy atom. The molecule has 0 heterocycles. The van der Waals surface area contributed by atoms with Crippen LogP contribution in [0.3, 0.4) is 0 Å². The van der Waals surface area contributed by atoms with E-state index in [1.807, 2.05) is 0 Å². The fraction of sp³-hybridized carbons (Fsp3) is 0.188. The molecule has 2 aromatic rings. The molecule has 128 valence electrons. The molecule has 5 nitrogen and oxygen atoms in total. The minimum absolute atomic E-state index is 0.00753. The summed E-state index contributed by atoms with van der Waals surface area (Å²) in [6, 6.07) is 5.82. The van der Waals surface area contributed by atoms with E-state index in [9.17, 15) is 23.8 Å². The van der Waals surface area contributed by atoms with Gasteiger partial charge in [-0.05, 0) is 30.3 Å². The first-order valence-corrected chi connectivity index (χ1v) is 7.23. The SMILES string of the molecule is O=C(COc1c(CO)cc(F)cc1CO)Nc1ccc(Cl)cc1F. The number of ether oxygens (including phenoxy) is 1. The first-order chi connectivity index (χ1) is 11.4. The summed E-state index contributed by atoms with van der Waals surface area (Å²) in [6.45, 7) is -1.59. The van der Waals surface area contributed by atoms with Gasteiger partial charge in [0, 0.05) is 16.1 Å². The standard InChI is InChI=1S/C16H14ClF2NO4/c17-11-1-2-14(13(19)5-11)20-15(23)8-24-16-9(6-21)3-12(18)4-10(16)7-22/h1-5,21-22H,6-8H2,(H,20,23). The first-order valence-electron chi connectivity index (χ1n) is 6.85. The van der Waals surface area contributed by atoms with Gasteiger partial charge in [-0.15, -0.1) is 0 Å². The first kappa shape index (κ1) is 18.1. The van der Waals surface area contributed by atoms with Crippen molar-refractivity contribution in [1.82, 2.24) is 0 Å². The minimum Gasteiger partial charge on any atom is -0.483 e. The van der Waals surface area contributed by atoms with Crippen molar-refractivity contribution < 1.29 is 28.5 Å². The zero-order valence-corrected chi connectivity index (χ0v) is 13.1. The van der Waals surface area contributed by atoms with E-state index in [-0.39, 0.29) is 27.6 Å². The van der Waals surface area contributed by atoms with E-state index in [1.54, 1.807) is 0 Å². The summed E-state index contributed by atoms with van der Waals surface area (Å²) in [4.78, 5) is 11.9. The Hall–Kier alpha value is -2.22. The lowest BCUT2D eigenvalue weighted by Crippen LogP contribution is -2.21. The molecule has 0 saturated carbocycles. The second-order valence-corrected chi connectivity index (χ2v) is 5.27. The van der Waals surface area contributed by atoms with Crippen molar-refractivity contribution in [3.8, 4) is 5.75 Å². The molecule has 0 aliphatic carbocycles. The minimum atomic E-state index is -0.704. The number of carbonyl (C=O) groups is 1. The molecule has 24 heavy (non-hydrogen) atoms. The van der Waals surface area contributed by atoms with Crippen LogP contribution in [-0.4, -0.2) is 22.7 Å². The second-order valence-electron chi connectivity index (χ2n) is 4.83. The van der Waals surface area contributed by atoms with Gasteiger partial charge in [-0.1, -0.05) is 11.6 Å². The number of aliphatic hydroxyl groups is 2. The molecule has 0 saturated heterocycles. The Labute approximate surface area is 141 Å². The van der Waals surface area contributed by atoms with Gasteiger partial charge in [0.05, 0.1) is 18.9 Å². The van der Waals surface area contributed by atoms with E-state index in [0.29, 0.717) is 0 Å². The smallest absolute Gasteiger partial charge is 0.262 e. The third-order valence-corrected chi connectivity index (χ3v) is 3.34. The molecule has 1 amide bonds. The van der Waals surface area contributed by atoms with Gasteiger partial charge in [-0.2, -0.15) is 0 Å². The van der Waals surface area contributed by atoms with Gasteiger partial charge < -0.3 is 20.3 Å². The molecular weight excluding hydrogens is 344 g/mol. The molecule has 0 radical (unpaired) electrons. The highest BCUT2D eigenvalue weighted by Crippen LogP contribution is 2.26. The zero-order chi connectivity index (χ0) is 17.7. The molecule has 8 heteroatoms. The molecule has 0 atom stereocenters. The number of hydrogen-bond acceptors (Lipinski definition) is 4. The number of carbonyl (C=O) groups excluding carboxylic acids is 1. The molecule has 0 aliphatic heterocycles. The monoisotopic (exact) mass is 357 g/mol.